The number of aromatic nitrogens is 2. The highest BCUT2D eigenvalue weighted by atomic mass is 35.5. The summed E-state index contributed by atoms with van der Waals surface area (Å²) in [5.41, 5.74) is 3.65. The van der Waals surface area contributed by atoms with Gasteiger partial charge in [0.2, 0.25) is 5.91 Å². The molecule has 0 atom stereocenters. The lowest BCUT2D eigenvalue weighted by atomic mass is 10.0. The van der Waals surface area contributed by atoms with Crippen molar-refractivity contribution in [3.63, 3.8) is 0 Å². The standard InChI is InChI=1S/C22H17ClN4O3/c1-12-20-16(11-19(26-22(20)30-27-12)14-6-4-3-5-7-14)21(29)25-15-8-9-18(17(23)10-15)24-13(2)28/h3-11H,1-2H3,(H,24,28)(H,25,29). The molecule has 150 valence electrons. The molecule has 0 saturated carbocycles. The van der Waals surface area contributed by atoms with Crippen LogP contribution in [0.4, 0.5) is 11.4 Å². The van der Waals surface area contributed by atoms with Crippen molar-refractivity contribution in [2.45, 2.75) is 13.8 Å². The number of anilines is 2. The zero-order chi connectivity index (χ0) is 21.3. The third-order valence-electron chi connectivity index (χ3n) is 4.47. The van der Waals surface area contributed by atoms with Crippen molar-refractivity contribution in [3.05, 3.63) is 70.9 Å². The Bertz CT molecular complexity index is 1270. The van der Waals surface area contributed by atoms with Gasteiger partial charge in [0, 0.05) is 18.2 Å². The minimum absolute atomic E-state index is 0.232. The molecule has 8 heteroatoms. The molecule has 2 aromatic carbocycles. The largest absolute Gasteiger partial charge is 0.335 e. The maximum atomic E-state index is 13.1. The molecule has 0 fully saturated rings. The first-order valence-corrected chi connectivity index (χ1v) is 9.51. The third kappa shape index (κ3) is 3.88. The minimum Gasteiger partial charge on any atom is -0.335 e. The Kier molecular flexibility index (Phi) is 5.20. The van der Waals surface area contributed by atoms with E-state index in [9.17, 15) is 9.59 Å². The molecule has 0 radical (unpaired) electrons. The lowest BCUT2D eigenvalue weighted by Crippen LogP contribution is -2.13. The molecule has 4 aromatic rings. The summed E-state index contributed by atoms with van der Waals surface area (Å²) >= 11 is 6.21. The second-order valence-electron chi connectivity index (χ2n) is 6.70. The van der Waals surface area contributed by atoms with E-state index in [1.54, 1.807) is 31.2 Å². The fourth-order valence-electron chi connectivity index (χ4n) is 3.11. The van der Waals surface area contributed by atoms with Gasteiger partial charge in [-0.3, -0.25) is 9.59 Å². The van der Waals surface area contributed by atoms with Gasteiger partial charge in [0.15, 0.2) is 0 Å². The number of hydrogen-bond acceptors (Lipinski definition) is 5. The Balaban J connectivity index is 1.71. The first-order chi connectivity index (χ1) is 14.4. The van der Waals surface area contributed by atoms with Gasteiger partial charge < -0.3 is 15.2 Å². The molecule has 2 N–H and O–H groups in total. The highest BCUT2D eigenvalue weighted by Crippen LogP contribution is 2.29. The van der Waals surface area contributed by atoms with E-state index in [0.717, 1.165) is 5.56 Å². The molecule has 2 amide bonds. The highest BCUT2D eigenvalue weighted by molar-refractivity contribution is 6.34. The molecule has 0 bridgehead atoms. The Hall–Kier alpha value is -3.71. The van der Waals surface area contributed by atoms with Crippen molar-refractivity contribution < 1.29 is 14.1 Å². The van der Waals surface area contributed by atoms with Crippen molar-refractivity contribution in [2.24, 2.45) is 0 Å². The van der Waals surface area contributed by atoms with E-state index in [-0.39, 0.29) is 17.5 Å². The number of halogens is 1. The topological polar surface area (TPSA) is 97.1 Å². The third-order valence-corrected chi connectivity index (χ3v) is 4.78. The molecule has 0 aliphatic rings. The van der Waals surface area contributed by atoms with E-state index in [0.29, 0.717) is 38.7 Å². The Morgan fingerprint density at radius 2 is 1.80 bits per heavy atom. The SMILES string of the molecule is CC(=O)Nc1ccc(NC(=O)c2cc(-c3ccccc3)nc3onc(C)c23)cc1Cl. The van der Waals surface area contributed by atoms with Crippen molar-refractivity contribution in [2.75, 3.05) is 10.6 Å². The predicted octanol–water partition coefficient (Wildman–Crippen LogP) is 5.06. The summed E-state index contributed by atoms with van der Waals surface area (Å²) in [5.74, 6) is -0.585. The Morgan fingerprint density at radius 3 is 2.50 bits per heavy atom. The number of carbonyl (C=O) groups is 2. The number of rotatable bonds is 4. The number of nitrogens with zero attached hydrogens (tertiary/aromatic N) is 2. The van der Waals surface area contributed by atoms with Gasteiger partial charge in [0.1, 0.15) is 0 Å². The van der Waals surface area contributed by atoms with Crippen LogP contribution in [0.3, 0.4) is 0 Å². The summed E-state index contributed by atoms with van der Waals surface area (Å²) < 4.78 is 5.32. The fourth-order valence-corrected chi connectivity index (χ4v) is 3.34. The zero-order valence-electron chi connectivity index (χ0n) is 16.2. The van der Waals surface area contributed by atoms with Crippen LogP contribution in [0.25, 0.3) is 22.4 Å². The first kappa shape index (κ1) is 19.6. The number of nitrogens with one attached hydrogen (secondary N) is 2. The molecule has 2 heterocycles. The van der Waals surface area contributed by atoms with E-state index in [1.807, 2.05) is 30.3 Å². The Morgan fingerprint density at radius 1 is 1.03 bits per heavy atom. The van der Waals surface area contributed by atoms with Crippen LogP contribution in [0, 0.1) is 6.92 Å². The van der Waals surface area contributed by atoms with Crippen LogP contribution in [0.2, 0.25) is 5.02 Å². The highest BCUT2D eigenvalue weighted by Gasteiger charge is 2.20. The van der Waals surface area contributed by atoms with E-state index in [2.05, 4.69) is 20.8 Å². The first-order valence-electron chi connectivity index (χ1n) is 9.13. The van der Waals surface area contributed by atoms with Gasteiger partial charge in [-0.25, -0.2) is 4.98 Å². The second-order valence-corrected chi connectivity index (χ2v) is 7.11. The molecule has 0 unspecified atom stereocenters. The minimum atomic E-state index is -0.353. The maximum Gasteiger partial charge on any atom is 0.259 e. The number of amides is 2. The van der Waals surface area contributed by atoms with Gasteiger partial charge in [-0.1, -0.05) is 47.1 Å². The number of pyridine rings is 1. The van der Waals surface area contributed by atoms with Gasteiger partial charge in [0.05, 0.1) is 33.0 Å². The lowest BCUT2D eigenvalue weighted by molar-refractivity contribution is -0.114. The van der Waals surface area contributed by atoms with Crippen molar-refractivity contribution >= 4 is 45.9 Å². The molecule has 7 nitrogen and oxygen atoms in total. The second kappa shape index (κ2) is 7.96. The average molecular weight is 421 g/mol. The van der Waals surface area contributed by atoms with Gasteiger partial charge in [-0.2, -0.15) is 0 Å². The van der Waals surface area contributed by atoms with Crippen LogP contribution in [0.15, 0.2) is 59.1 Å². The predicted molar refractivity (Wildman–Crippen MR) is 116 cm³/mol. The average Bonchev–Trinajstić information content (AvgIpc) is 3.10. The summed E-state index contributed by atoms with van der Waals surface area (Å²) in [7, 11) is 0. The molecular formula is C22H17ClN4O3. The van der Waals surface area contributed by atoms with E-state index in [4.69, 9.17) is 16.1 Å². The Labute approximate surface area is 177 Å². The summed E-state index contributed by atoms with van der Waals surface area (Å²) in [6, 6.07) is 16.1. The number of benzene rings is 2. The molecule has 0 aliphatic heterocycles. The summed E-state index contributed by atoms with van der Waals surface area (Å²) in [6.45, 7) is 3.15. The van der Waals surface area contributed by atoms with Crippen molar-refractivity contribution in [1.82, 2.24) is 10.1 Å². The van der Waals surface area contributed by atoms with Crippen LogP contribution in [-0.2, 0) is 4.79 Å². The van der Waals surface area contributed by atoms with E-state index < -0.39 is 0 Å². The number of hydrogen-bond donors (Lipinski definition) is 2. The van der Waals surface area contributed by atoms with Crippen LogP contribution >= 0.6 is 11.6 Å². The molecule has 0 spiro atoms. The molecular weight excluding hydrogens is 404 g/mol. The lowest BCUT2D eigenvalue weighted by Gasteiger charge is -2.10. The van der Waals surface area contributed by atoms with Gasteiger partial charge >= 0.3 is 0 Å². The van der Waals surface area contributed by atoms with Crippen LogP contribution < -0.4 is 10.6 Å². The number of fused-ring (bicyclic) bond motifs is 1. The van der Waals surface area contributed by atoms with Gasteiger partial charge in [0.25, 0.3) is 11.6 Å². The van der Waals surface area contributed by atoms with Crippen molar-refractivity contribution in [3.8, 4) is 11.3 Å². The fraction of sp³-hybridized carbons (Fsp3) is 0.0909. The van der Waals surface area contributed by atoms with Crippen LogP contribution in [0.1, 0.15) is 23.0 Å². The van der Waals surface area contributed by atoms with Crippen molar-refractivity contribution in [1.29, 1.82) is 0 Å². The molecule has 0 aliphatic carbocycles. The molecule has 30 heavy (non-hydrogen) atoms. The molecule has 0 saturated heterocycles. The number of carbonyl (C=O) groups excluding carboxylic acids is 2. The summed E-state index contributed by atoms with van der Waals surface area (Å²) in [4.78, 5) is 28.8. The van der Waals surface area contributed by atoms with Gasteiger partial charge in [-0.05, 0) is 31.2 Å². The van der Waals surface area contributed by atoms with E-state index >= 15 is 0 Å². The summed E-state index contributed by atoms with van der Waals surface area (Å²) in [5, 5.41) is 10.3. The molecule has 4 rings (SSSR count). The number of aryl methyl sites for hydroxylation is 1. The van der Waals surface area contributed by atoms with Gasteiger partial charge in [-0.15, -0.1) is 0 Å². The maximum absolute atomic E-state index is 13.1. The normalized spacial score (nSPS) is 10.8. The van der Waals surface area contributed by atoms with E-state index in [1.165, 1.54) is 6.92 Å². The smallest absolute Gasteiger partial charge is 0.259 e. The molecule has 2 aromatic heterocycles. The monoisotopic (exact) mass is 420 g/mol. The van der Waals surface area contributed by atoms with Crippen LogP contribution in [0.5, 0.6) is 0 Å². The summed E-state index contributed by atoms with van der Waals surface area (Å²) in [6.07, 6.45) is 0. The quantitative estimate of drug-likeness (QED) is 0.480. The zero-order valence-corrected chi connectivity index (χ0v) is 16.9. The van der Waals surface area contributed by atoms with Crippen LogP contribution in [-0.4, -0.2) is 22.0 Å².